The van der Waals surface area contributed by atoms with Crippen molar-refractivity contribution in [3.63, 3.8) is 0 Å². The summed E-state index contributed by atoms with van der Waals surface area (Å²) in [4.78, 5) is 13.6. The third kappa shape index (κ3) is 2.68. The Morgan fingerprint density at radius 3 is 3.13 bits per heavy atom. The molecule has 2 N–H and O–H groups in total. The molecule has 86 valence electrons. The fourth-order valence-corrected chi connectivity index (χ4v) is 2.08. The van der Waals surface area contributed by atoms with Crippen molar-refractivity contribution in [2.24, 2.45) is 0 Å². The van der Waals surface area contributed by atoms with E-state index in [1.165, 1.54) is 0 Å². The van der Waals surface area contributed by atoms with Crippen molar-refractivity contribution >= 4 is 5.91 Å². The molecule has 2 rings (SSSR count). The number of amides is 1. The van der Waals surface area contributed by atoms with Crippen molar-refractivity contribution < 1.29 is 9.53 Å². The molecule has 0 spiro atoms. The van der Waals surface area contributed by atoms with Gasteiger partial charge in [-0.05, 0) is 6.92 Å². The lowest BCUT2D eigenvalue weighted by Crippen LogP contribution is -2.57. The van der Waals surface area contributed by atoms with Gasteiger partial charge < -0.3 is 15.4 Å². The predicted molar refractivity (Wildman–Crippen MR) is 56.7 cm³/mol. The van der Waals surface area contributed by atoms with Gasteiger partial charge in [0.1, 0.15) is 0 Å². The lowest BCUT2D eigenvalue weighted by atomic mass is 10.1. The molecule has 0 aromatic rings. The van der Waals surface area contributed by atoms with Crippen molar-refractivity contribution in [2.75, 3.05) is 39.3 Å². The normalized spacial score (nSPS) is 33.8. The fraction of sp³-hybridized carbons (Fsp3) is 0.900. The zero-order valence-electron chi connectivity index (χ0n) is 9.16. The molecule has 2 heterocycles. The van der Waals surface area contributed by atoms with Gasteiger partial charge in [-0.15, -0.1) is 0 Å². The highest BCUT2D eigenvalue weighted by Gasteiger charge is 2.28. The number of carbonyl (C=O) groups is 1. The molecule has 2 atom stereocenters. The summed E-state index contributed by atoms with van der Waals surface area (Å²) in [5.74, 6) is 0.130. The summed E-state index contributed by atoms with van der Waals surface area (Å²) in [6.45, 7) is 7.08. The maximum absolute atomic E-state index is 11.4. The molecule has 2 fully saturated rings. The van der Waals surface area contributed by atoms with Crippen molar-refractivity contribution in [2.45, 2.75) is 19.1 Å². The average molecular weight is 213 g/mol. The number of nitrogens with zero attached hydrogens (tertiary/aromatic N) is 1. The maximum Gasteiger partial charge on any atom is 0.237 e. The van der Waals surface area contributed by atoms with E-state index < -0.39 is 0 Å². The molecule has 5 nitrogen and oxygen atoms in total. The van der Waals surface area contributed by atoms with E-state index >= 15 is 0 Å². The molecule has 0 aromatic heterocycles. The van der Waals surface area contributed by atoms with E-state index in [1.807, 2.05) is 6.92 Å². The number of hydrogen-bond acceptors (Lipinski definition) is 4. The van der Waals surface area contributed by atoms with Gasteiger partial charge in [0.25, 0.3) is 0 Å². The lowest BCUT2D eigenvalue weighted by Gasteiger charge is -2.36. The van der Waals surface area contributed by atoms with Gasteiger partial charge in [0, 0.05) is 32.7 Å². The number of morpholine rings is 1. The second kappa shape index (κ2) is 4.92. The molecule has 5 heteroatoms. The van der Waals surface area contributed by atoms with Gasteiger partial charge in [0.15, 0.2) is 0 Å². The topological polar surface area (TPSA) is 53.6 Å². The van der Waals surface area contributed by atoms with Gasteiger partial charge in [-0.2, -0.15) is 0 Å². The molecule has 15 heavy (non-hydrogen) atoms. The van der Waals surface area contributed by atoms with Crippen LogP contribution in [0.3, 0.4) is 0 Å². The van der Waals surface area contributed by atoms with Crippen molar-refractivity contribution in [3.05, 3.63) is 0 Å². The molecular formula is C10H19N3O2. The zero-order valence-corrected chi connectivity index (χ0v) is 9.16. The lowest BCUT2D eigenvalue weighted by molar-refractivity contribution is -0.129. The zero-order chi connectivity index (χ0) is 10.7. The van der Waals surface area contributed by atoms with Crippen molar-refractivity contribution in [1.29, 1.82) is 0 Å². The van der Waals surface area contributed by atoms with E-state index in [0.29, 0.717) is 0 Å². The van der Waals surface area contributed by atoms with E-state index in [4.69, 9.17) is 4.74 Å². The summed E-state index contributed by atoms with van der Waals surface area (Å²) in [6, 6.07) is -0.0238. The van der Waals surface area contributed by atoms with Crippen LogP contribution in [-0.4, -0.2) is 62.3 Å². The second-order valence-electron chi connectivity index (χ2n) is 4.16. The minimum atomic E-state index is -0.0238. The van der Waals surface area contributed by atoms with Crippen LogP contribution in [0.1, 0.15) is 6.92 Å². The van der Waals surface area contributed by atoms with E-state index in [0.717, 1.165) is 39.3 Å². The second-order valence-corrected chi connectivity index (χ2v) is 4.16. The number of rotatable bonds is 2. The highest BCUT2D eigenvalue weighted by molar-refractivity contribution is 5.81. The van der Waals surface area contributed by atoms with Gasteiger partial charge in [0.05, 0.1) is 18.8 Å². The standard InChI is InChI=1S/C10H19N3O2/c1-8-10(14)12-2-4-13(8)7-9-6-11-3-5-15-9/h8-9,11H,2-7H2,1H3,(H,12,14). The Morgan fingerprint density at radius 1 is 1.53 bits per heavy atom. The molecule has 2 saturated heterocycles. The van der Waals surface area contributed by atoms with Crippen molar-refractivity contribution in [3.8, 4) is 0 Å². The minimum absolute atomic E-state index is 0.0238. The summed E-state index contributed by atoms with van der Waals surface area (Å²) < 4.78 is 5.63. The minimum Gasteiger partial charge on any atom is -0.374 e. The van der Waals surface area contributed by atoms with Gasteiger partial charge in [-0.1, -0.05) is 0 Å². The first kappa shape index (κ1) is 10.9. The third-order valence-electron chi connectivity index (χ3n) is 3.07. The summed E-state index contributed by atoms with van der Waals surface area (Å²) in [7, 11) is 0. The van der Waals surface area contributed by atoms with Gasteiger partial charge >= 0.3 is 0 Å². The largest absolute Gasteiger partial charge is 0.374 e. The first-order chi connectivity index (χ1) is 7.27. The highest BCUT2D eigenvalue weighted by atomic mass is 16.5. The number of nitrogens with one attached hydrogen (secondary N) is 2. The van der Waals surface area contributed by atoms with Crippen LogP contribution in [0.2, 0.25) is 0 Å². The first-order valence-corrected chi connectivity index (χ1v) is 5.61. The first-order valence-electron chi connectivity index (χ1n) is 5.61. The molecule has 2 aliphatic heterocycles. The summed E-state index contributed by atoms with van der Waals surface area (Å²) >= 11 is 0. The maximum atomic E-state index is 11.4. The molecule has 0 aromatic carbocycles. The van der Waals surface area contributed by atoms with Crippen LogP contribution in [0.5, 0.6) is 0 Å². The van der Waals surface area contributed by atoms with E-state index in [2.05, 4.69) is 15.5 Å². The summed E-state index contributed by atoms with van der Waals surface area (Å²) in [5.41, 5.74) is 0. The Labute approximate surface area is 90.1 Å². The number of piperazine rings is 1. The molecular weight excluding hydrogens is 194 g/mol. The average Bonchev–Trinajstić information content (AvgIpc) is 2.26. The summed E-state index contributed by atoms with van der Waals surface area (Å²) in [6.07, 6.45) is 0.229. The Bertz CT molecular complexity index is 229. The van der Waals surface area contributed by atoms with Crippen LogP contribution in [0.15, 0.2) is 0 Å². The Hall–Kier alpha value is -0.650. The van der Waals surface area contributed by atoms with Crippen LogP contribution < -0.4 is 10.6 Å². The van der Waals surface area contributed by atoms with Crippen molar-refractivity contribution in [1.82, 2.24) is 15.5 Å². The Morgan fingerprint density at radius 2 is 2.40 bits per heavy atom. The number of ether oxygens (including phenoxy) is 1. The molecule has 0 radical (unpaired) electrons. The van der Waals surface area contributed by atoms with Crippen LogP contribution >= 0.6 is 0 Å². The monoisotopic (exact) mass is 213 g/mol. The molecule has 1 amide bonds. The van der Waals surface area contributed by atoms with E-state index in [1.54, 1.807) is 0 Å². The summed E-state index contributed by atoms with van der Waals surface area (Å²) in [5, 5.41) is 6.16. The SMILES string of the molecule is CC1C(=O)NCCN1CC1CNCCO1. The fourth-order valence-electron chi connectivity index (χ4n) is 2.08. The molecule has 0 aliphatic carbocycles. The number of carbonyl (C=O) groups excluding carboxylic acids is 1. The van der Waals surface area contributed by atoms with Crippen LogP contribution in [0, 0.1) is 0 Å². The quantitative estimate of drug-likeness (QED) is 0.605. The molecule has 0 bridgehead atoms. The van der Waals surface area contributed by atoms with Gasteiger partial charge in [-0.3, -0.25) is 9.69 Å². The molecule has 2 unspecified atom stereocenters. The van der Waals surface area contributed by atoms with Gasteiger partial charge in [-0.25, -0.2) is 0 Å². The smallest absolute Gasteiger partial charge is 0.237 e. The Kier molecular flexibility index (Phi) is 3.56. The van der Waals surface area contributed by atoms with E-state index in [9.17, 15) is 4.79 Å². The highest BCUT2D eigenvalue weighted by Crippen LogP contribution is 2.07. The molecule has 2 aliphatic rings. The van der Waals surface area contributed by atoms with Crippen LogP contribution in [0.25, 0.3) is 0 Å². The number of hydrogen-bond donors (Lipinski definition) is 2. The van der Waals surface area contributed by atoms with Crippen LogP contribution in [-0.2, 0) is 9.53 Å². The third-order valence-corrected chi connectivity index (χ3v) is 3.07. The molecule has 0 saturated carbocycles. The van der Waals surface area contributed by atoms with Gasteiger partial charge in [0.2, 0.25) is 5.91 Å². The van der Waals surface area contributed by atoms with Crippen LogP contribution in [0.4, 0.5) is 0 Å². The predicted octanol–water partition coefficient (Wildman–Crippen LogP) is -1.20. The Balaban J connectivity index is 1.84. The van der Waals surface area contributed by atoms with E-state index in [-0.39, 0.29) is 18.1 Å².